The van der Waals surface area contributed by atoms with Crippen molar-refractivity contribution in [1.82, 2.24) is 4.90 Å². The van der Waals surface area contributed by atoms with Crippen LogP contribution in [-0.4, -0.2) is 30.1 Å². The SMILES string of the molecule is CC(=O)N(CC(=O)Nc1cccc(C)c1C)Cc1ccc2c(c1)OCO2. The van der Waals surface area contributed by atoms with E-state index in [9.17, 15) is 9.59 Å². The van der Waals surface area contributed by atoms with Crippen molar-refractivity contribution in [3.63, 3.8) is 0 Å². The highest BCUT2D eigenvalue weighted by molar-refractivity contribution is 5.95. The van der Waals surface area contributed by atoms with Gasteiger partial charge in [0.05, 0.1) is 0 Å². The van der Waals surface area contributed by atoms with Gasteiger partial charge >= 0.3 is 0 Å². The van der Waals surface area contributed by atoms with Gasteiger partial charge in [-0.25, -0.2) is 0 Å². The topological polar surface area (TPSA) is 67.9 Å². The Labute approximate surface area is 152 Å². The summed E-state index contributed by atoms with van der Waals surface area (Å²) in [6.07, 6.45) is 0. The standard InChI is InChI=1S/C20H22N2O4/c1-13-5-4-6-17(14(13)2)21-20(24)11-22(15(3)23)10-16-7-8-18-19(9-16)26-12-25-18/h4-9H,10-12H2,1-3H3,(H,21,24). The van der Waals surface area contributed by atoms with E-state index in [0.717, 1.165) is 22.4 Å². The Morgan fingerprint density at radius 1 is 1.12 bits per heavy atom. The lowest BCUT2D eigenvalue weighted by Crippen LogP contribution is -2.36. The van der Waals surface area contributed by atoms with E-state index in [0.29, 0.717) is 18.0 Å². The highest BCUT2D eigenvalue weighted by atomic mass is 16.7. The Kier molecular flexibility index (Phi) is 5.11. The number of fused-ring (bicyclic) bond motifs is 1. The van der Waals surface area contributed by atoms with Crippen LogP contribution in [0.2, 0.25) is 0 Å². The van der Waals surface area contributed by atoms with Crippen LogP contribution in [0, 0.1) is 13.8 Å². The third kappa shape index (κ3) is 3.96. The summed E-state index contributed by atoms with van der Waals surface area (Å²) in [7, 11) is 0. The highest BCUT2D eigenvalue weighted by Gasteiger charge is 2.18. The number of anilines is 1. The zero-order chi connectivity index (χ0) is 18.7. The first-order valence-corrected chi connectivity index (χ1v) is 8.44. The van der Waals surface area contributed by atoms with E-state index in [2.05, 4.69) is 5.32 Å². The maximum atomic E-state index is 12.4. The van der Waals surface area contributed by atoms with Crippen LogP contribution in [0.25, 0.3) is 0 Å². The number of amides is 2. The summed E-state index contributed by atoms with van der Waals surface area (Å²) in [6, 6.07) is 11.3. The third-order valence-corrected chi connectivity index (χ3v) is 4.47. The first-order chi connectivity index (χ1) is 12.4. The molecule has 2 aromatic carbocycles. The first kappa shape index (κ1) is 17.8. The van der Waals surface area contributed by atoms with Crippen molar-refractivity contribution in [3.05, 3.63) is 53.1 Å². The lowest BCUT2D eigenvalue weighted by atomic mass is 10.1. The van der Waals surface area contributed by atoms with E-state index in [1.165, 1.54) is 11.8 Å². The van der Waals surface area contributed by atoms with Gasteiger partial charge in [-0.2, -0.15) is 0 Å². The second-order valence-electron chi connectivity index (χ2n) is 6.36. The van der Waals surface area contributed by atoms with E-state index in [1.807, 2.05) is 50.2 Å². The largest absolute Gasteiger partial charge is 0.454 e. The molecule has 6 heteroatoms. The van der Waals surface area contributed by atoms with E-state index >= 15 is 0 Å². The monoisotopic (exact) mass is 354 g/mol. The molecule has 0 bridgehead atoms. The molecule has 0 atom stereocenters. The van der Waals surface area contributed by atoms with Gasteiger partial charge in [0.2, 0.25) is 18.6 Å². The van der Waals surface area contributed by atoms with E-state index in [1.54, 1.807) is 0 Å². The van der Waals surface area contributed by atoms with Gasteiger partial charge in [-0.15, -0.1) is 0 Å². The van der Waals surface area contributed by atoms with Gasteiger partial charge in [0, 0.05) is 19.2 Å². The Morgan fingerprint density at radius 3 is 2.65 bits per heavy atom. The van der Waals surface area contributed by atoms with Crippen molar-refractivity contribution in [2.24, 2.45) is 0 Å². The van der Waals surface area contributed by atoms with Crippen LogP contribution in [0.5, 0.6) is 11.5 Å². The van der Waals surface area contributed by atoms with Crippen molar-refractivity contribution < 1.29 is 19.1 Å². The Morgan fingerprint density at radius 2 is 1.88 bits per heavy atom. The van der Waals surface area contributed by atoms with Crippen molar-refractivity contribution in [3.8, 4) is 11.5 Å². The number of ether oxygens (including phenoxy) is 2. The number of nitrogens with one attached hydrogen (secondary N) is 1. The molecule has 1 heterocycles. The average molecular weight is 354 g/mol. The molecule has 0 radical (unpaired) electrons. The van der Waals surface area contributed by atoms with E-state index in [-0.39, 0.29) is 25.2 Å². The molecule has 0 unspecified atom stereocenters. The van der Waals surface area contributed by atoms with Crippen LogP contribution < -0.4 is 14.8 Å². The van der Waals surface area contributed by atoms with Gasteiger partial charge in [-0.1, -0.05) is 18.2 Å². The van der Waals surface area contributed by atoms with Crippen LogP contribution in [0.15, 0.2) is 36.4 Å². The van der Waals surface area contributed by atoms with Crippen LogP contribution in [0.1, 0.15) is 23.6 Å². The van der Waals surface area contributed by atoms with Gasteiger partial charge < -0.3 is 19.7 Å². The highest BCUT2D eigenvalue weighted by Crippen LogP contribution is 2.32. The molecule has 1 aliphatic heterocycles. The summed E-state index contributed by atoms with van der Waals surface area (Å²) in [5.74, 6) is 0.954. The molecule has 0 saturated carbocycles. The first-order valence-electron chi connectivity index (χ1n) is 8.44. The molecule has 1 aliphatic rings. The van der Waals surface area contributed by atoms with Crippen LogP contribution in [0.4, 0.5) is 5.69 Å². The quantitative estimate of drug-likeness (QED) is 0.896. The Hall–Kier alpha value is -3.02. The van der Waals surface area contributed by atoms with Crippen molar-refractivity contribution in [1.29, 1.82) is 0 Å². The number of carbonyl (C=O) groups is 2. The Bertz CT molecular complexity index is 848. The summed E-state index contributed by atoms with van der Waals surface area (Å²) in [5, 5.41) is 2.89. The molecule has 0 aliphatic carbocycles. The minimum Gasteiger partial charge on any atom is -0.454 e. The van der Waals surface area contributed by atoms with Crippen molar-refractivity contribution >= 4 is 17.5 Å². The zero-order valence-electron chi connectivity index (χ0n) is 15.2. The number of hydrogen-bond donors (Lipinski definition) is 1. The molecule has 2 aromatic rings. The van der Waals surface area contributed by atoms with Gasteiger partial charge in [-0.05, 0) is 48.7 Å². The maximum absolute atomic E-state index is 12.4. The molecule has 2 amide bonds. The fourth-order valence-corrected chi connectivity index (χ4v) is 2.79. The molecule has 136 valence electrons. The third-order valence-electron chi connectivity index (χ3n) is 4.47. The van der Waals surface area contributed by atoms with Crippen molar-refractivity contribution in [2.75, 3.05) is 18.7 Å². The normalized spacial score (nSPS) is 12.0. The molecule has 0 spiro atoms. The molecule has 0 saturated heterocycles. The number of benzene rings is 2. The average Bonchev–Trinajstić information content (AvgIpc) is 3.06. The lowest BCUT2D eigenvalue weighted by Gasteiger charge is -2.21. The summed E-state index contributed by atoms with van der Waals surface area (Å²) < 4.78 is 10.7. The second-order valence-corrected chi connectivity index (χ2v) is 6.36. The zero-order valence-corrected chi connectivity index (χ0v) is 15.2. The van der Waals surface area contributed by atoms with Crippen LogP contribution >= 0.6 is 0 Å². The fourth-order valence-electron chi connectivity index (χ4n) is 2.79. The van der Waals surface area contributed by atoms with Crippen LogP contribution in [-0.2, 0) is 16.1 Å². The summed E-state index contributed by atoms with van der Waals surface area (Å²) >= 11 is 0. The maximum Gasteiger partial charge on any atom is 0.244 e. The molecule has 3 rings (SSSR count). The number of rotatable bonds is 5. The smallest absolute Gasteiger partial charge is 0.244 e. The minimum atomic E-state index is -0.227. The molecule has 26 heavy (non-hydrogen) atoms. The van der Waals surface area contributed by atoms with Gasteiger partial charge in [0.25, 0.3) is 0 Å². The summed E-state index contributed by atoms with van der Waals surface area (Å²) in [4.78, 5) is 25.9. The molecule has 6 nitrogen and oxygen atoms in total. The number of nitrogens with zero attached hydrogens (tertiary/aromatic N) is 1. The van der Waals surface area contributed by atoms with Gasteiger partial charge in [-0.3, -0.25) is 9.59 Å². The van der Waals surface area contributed by atoms with Crippen molar-refractivity contribution in [2.45, 2.75) is 27.3 Å². The summed E-state index contributed by atoms with van der Waals surface area (Å²) in [5.41, 5.74) is 3.77. The van der Waals surface area contributed by atoms with E-state index < -0.39 is 0 Å². The van der Waals surface area contributed by atoms with Gasteiger partial charge in [0.15, 0.2) is 11.5 Å². The number of hydrogen-bond acceptors (Lipinski definition) is 4. The minimum absolute atomic E-state index is 0.0167. The summed E-state index contributed by atoms with van der Waals surface area (Å²) in [6.45, 7) is 5.92. The second kappa shape index (κ2) is 7.47. The Balaban J connectivity index is 1.67. The van der Waals surface area contributed by atoms with E-state index in [4.69, 9.17) is 9.47 Å². The molecule has 0 aromatic heterocycles. The molecule has 0 fully saturated rings. The van der Waals surface area contributed by atoms with Gasteiger partial charge in [0.1, 0.15) is 6.54 Å². The number of carbonyl (C=O) groups excluding carboxylic acids is 2. The predicted octanol–water partition coefficient (Wildman–Crippen LogP) is 3.02. The molecule has 1 N–H and O–H groups in total. The lowest BCUT2D eigenvalue weighted by molar-refractivity contribution is -0.133. The number of aryl methyl sites for hydroxylation is 1. The molecular formula is C20H22N2O4. The molecular weight excluding hydrogens is 332 g/mol. The fraction of sp³-hybridized carbons (Fsp3) is 0.300. The van der Waals surface area contributed by atoms with Crippen LogP contribution in [0.3, 0.4) is 0 Å². The predicted molar refractivity (Wildman–Crippen MR) is 98.2 cm³/mol.